The third kappa shape index (κ3) is 5.45. The van der Waals surface area contributed by atoms with E-state index in [1.807, 2.05) is 35.2 Å². The van der Waals surface area contributed by atoms with Crippen LogP contribution in [0.2, 0.25) is 0 Å². The highest BCUT2D eigenvalue weighted by Gasteiger charge is 2.23. The van der Waals surface area contributed by atoms with E-state index in [1.165, 1.54) is 12.1 Å². The average molecular weight is 543 g/mol. The molecule has 6 rings (SSSR count). The summed E-state index contributed by atoms with van der Waals surface area (Å²) in [6.07, 6.45) is 6.02. The highest BCUT2D eigenvalue weighted by atomic mass is 19.1. The summed E-state index contributed by atoms with van der Waals surface area (Å²) in [5.74, 6) is -0.0725. The van der Waals surface area contributed by atoms with Gasteiger partial charge in [0.1, 0.15) is 5.82 Å². The minimum absolute atomic E-state index is 0.0582. The lowest BCUT2D eigenvalue weighted by molar-refractivity contribution is -0.114. The number of ether oxygens (including phenoxy) is 2. The van der Waals surface area contributed by atoms with Crippen molar-refractivity contribution in [1.29, 1.82) is 0 Å². The Kier molecular flexibility index (Phi) is 7.52. The van der Waals surface area contributed by atoms with Crippen LogP contribution in [0.5, 0.6) is 0 Å². The van der Waals surface area contributed by atoms with Crippen LogP contribution in [0, 0.1) is 5.82 Å². The first-order valence-electron chi connectivity index (χ1n) is 13.6. The molecule has 1 atom stereocenters. The van der Waals surface area contributed by atoms with Crippen LogP contribution in [0.15, 0.2) is 61.3 Å². The lowest BCUT2D eigenvalue weighted by atomic mass is 10.0. The summed E-state index contributed by atoms with van der Waals surface area (Å²) in [5, 5.41) is 8.60. The van der Waals surface area contributed by atoms with E-state index < -0.39 is 0 Å². The first kappa shape index (κ1) is 26.1. The summed E-state index contributed by atoms with van der Waals surface area (Å²) in [6.45, 7) is 6.71. The third-order valence-corrected chi connectivity index (χ3v) is 7.24. The Morgan fingerprint density at radius 2 is 2.00 bits per heavy atom. The van der Waals surface area contributed by atoms with Gasteiger partial charge in [0.25, 0.3) is 0 Å². The molecule has 10 heteroatoms. The van der Waals surface area contributed by atoms with Crippen molar-refractivity contribution in [2.75, 3.05) is 43.1 Å². The number of aromatic nitrogens is 4. The van der Waals surface area contributed by atoms with Crippen LogP contribution in [0.4, 0.5) is 21.7 Å². The highest BCUT2D eigenvalue weighted by Crippen LogP contribution is 2.33. The maximum absolute atomic E-state index is 15.1. The van der Waals surface area contributed by atoms with Crippen molar-refractivity contribution < 1.29 is 18.7 Å². The number of hydrogen-bond acceptors (Lipinski definition) is 8. The lowest BCUT2D eigenvalue weighted by Gasteiger charge is -2.29. The van der Waals surface area contributed by atoms with E-state index in [0.29, 0.717) is 61.6 Å². The molecule has 0 saturated carbocycles. The second kappa shape index (κ2) is 11.5. The van der Waals surface area contributed by atoms with Crippen LogP contribution < -0.4 is 10.2 Å². The maximum atomic E-state index is 15.1. The van der Waals surface area contributed by atoms with E-state index >= 15 is 4.39 Å². The first-order valence-corrected chi connectivity index (χ1v) is 13.6. The smallest absolute Gasteiger partial charge is 0.229 e. The molecule has 4 heterocycles. The molecule has 0 amide bonds. The topological polar surface area (TPSA) is 94.4 Å². The lowest BCUT2D eigenvalue weighted by Crippen LogP contribution is -2.36. The van der Waals surface area contributed by atoms with E-state index in [1.54, 1.807) is 16.9 Å². The number of anilines is 3. The zero-order chi connectivity index (χ0) is 27.5. The number of fused-ring (bicyclic) bond motifs is 1. The average Bonchev–Trinajstić information content (AvgIpc) is 3.42. The fourth-order valence-electron chi connectivity index (χ4n) is 5.21. The zero-order valence-corrected chi connectivity index (χ0v) is 22.2. The van der Waals surface area contributed by atoms with Crippen LogP contribution in [0.25, 0.3) is 22.3 Å². The number of nitrogens with zero attached hydrogens (tertiary/aromatic N) is 5. The normalized spacial score (nSPS) is 17.6. The maximum Gasteiger partial charge on any atom is 0.229 e. The number of allylic oxidation sites excluding steroid dienone is 1. The summed E-state index contributed by atoms with van der Waals surface area (Å²) in [5.41, 5.74) is 4.04. The van der Waals surface area contributed by atoms with Gasteiger partial charge >= 0.3 is 0 Å². The van der Waals surface area contributed by atoms with Crippen LogP contribution in [0.3, 0.4) is 0 Å². The Morgan fingerprint density at radius 1 is 1.12 bits per heavy atom. The first-order chi connectivity index (χ1) is 19.6. The number of halogens is 1. The number of ketones is 1. The molecule has 2 aliphatic heterocycles. The molecule has 2 aromatic carbocycles. The molecular formula is C30H31FN6O3. The SMILES string of the molecule is C=CC(=O)Cc1cccc(-c2nc(Nc3ccc(N4CCOCC4)c(F)c3)nc3c2cnn3C2CCCCO2)c1. The van der Waals surface area contributed by atoms with Crippen molar-refractivity contribution in [1.82, 2.24) is 19.7 Å². The number of rotatable bonds is 8. The largest absolute Gasteiger partial charge is 0.378 e. The summed E-state index contributed by atoms with van der Waals surface area (Å²) < 4.78 is 28.3. The quantitative estimate of drug-likeness (QED) is 0.303. The Balaban J connectivity index is 1.39. The van der Waals surface area contributed by atoms with E-state index in [4.69, 9.17) is 19.4 Å². The van der Waals surface area contributed by atoms with Gasteiger partial charge in [0.15, 0.2) is 17.7 Å². The van der Waals surface area contributed by atoms with Crippen LogP contribution in [0.1, 0.15) is 31.1 Å². The number of nitrogens with one attached hydrogen (secondary N) is 1. The van der Waals surface area contributed by atoms with Crippen molar-refractivity contribution in [3.05, 3.63) is 72.7 Å². The second-order valence-corrected chi connectivity index (χ2v) is 9.98. The molecule has 2 aliphatic rings. The summed E-state index contributed by atoms with van der Waals surface area (Å²) >= 11 is 0. The van der Waals surface area contributed by atoms with Crippen molar-refractivity contribution >= 4 is 34.1 Å². The molecule has 0 spiro atoms. The third-order valence-electron chi connectivity index (χ3n) is 7.24. The minimum atomic E-state index is -0.326. The fourth-order valence-corrected chi connectivity index (χ4v) is 5.21. The van der Waals surface area contributed by atoms with Gasteiger partial charge in [0.2, 0.25) is 5.95 Å². The molecule has 2 aromatic heterocycles. The molecule has 1 N–H and O–H groups in total. The zero-order valence-electron chi connectivity index (χ0n) is 22.2. The number of benzene rings is 2. The molecule has 9 nitrogen and oxygen atoms in total. The van der Waals surface area contributed by atoms with Gasteiger partial charge in [0.05, 0.1) is 36.2 Å². The molecule has 0 aliphatic carbocycles. The molecule has 206 valence electrons. The van der Waals surface area contributed by atoms with Gasteiger partial charge in [-0.25, -0.2) is 14.1 Å². The predicted octanol–water partition coefficient (Wildman–Crippen LogP) is 5.21. The monoisotopic (exact) mass is 542 g/mol. The standard InChI is InChI=1S/C30H31FN6O3/c1-2-23(38)17-20-6-5-7-21(16-20)28-24-19-32-37(27-8-3-4-13-40-27)29(24)35-30(34-28)33-22-9-10-26(25(31)18-22)36-11-14-39-15-12-36/h2,5-7,9-10,16,18-19,27H,1,3-4,8,11-15,17H2,(H,33,34,35). The molecule has 4 aromatic rings. The summed E-state index contributed by atoms with van der Waals surface area (Å²) in [4.78, 5) is 23.6. The fraction of sp³-hybridized carbons (Fsp3) is 0.333. The van der Waals surface area contributed by atoms with Gasteiger partial charge in [-0.15, -0.1) is 0 Å². The van der Waals surface area contributed by atoms with Crippen LogP contribution >= 0.6 is 0 Å². The summed E-state index contributed by atoms with van der Waals surface area (Å²) in [6, 6.07) is 12.7. The Bertz CT molecular complexity index is 1540. The van der Waals surface area contributed by atoms with Crippen molar-refractivity contribution in [2.24, 2.45) is 0 Å². The van der Waals surface area contributed by atoms with Crippen LogP contribution in [-0.4, -0.2) is 58.4 Å². The van der Waals surface area contributed by atoms with Crippen LogP contribution in [-0.2, 0) is 20.7 Å². The van der Waals surface area contributed by atoms with E-state index in [-0.39, 0.29) is 24.2 Å². The van der Waals surface area contributed by atoms with E-state index in [9.17, 15) is 4.79 Å². The molecule has 0 bridgehead atoms. The Hall–Kier alpha value is -4.15. The van der Waals surface area contributed by atoms with E-state index in [2.05, 4.69) is 17.0 Å². The van der Waals surface area contributed by atoms with Gasteiger partial charge in [-0.2, -0.15) is 10.1 Å². The van der Waals surface area contributed by atoms with Gasteiger partial charge < -0.3 is 19.7 Å². The molecule has 40 heavy (non-hydrogen) atoms. The summed E-state index contributed by atoms with van der Waals surface area (Å²) in [7, 11) is 0. The molecule has 2 fully saturated rings. The van der Waals surface area contributed by atoms with Gasteiger partial charge in [-0.1, -0.05) is 24.8 Å². The highest BCUT2D eigenvalue weighted by molar-refractivity contribution is 5.93. The molecule has 0 radical (unpaired) electrons. The van der Waals surface area contributed by atoms with Gasteiger partial charge in [0, 0.05) is 37.4 Å². The Labute approximate surface area is 231 Å². The van der Waals surface area contributed by atoms with Crippen molar-refractivity contribution in [3.63, 3.8) is 0 Å². The number of carbonyl (C=O) groups excluding carboxylic acids is 1. The minimum Gasteiger partial charge on any atom is -0.378 e. The second-order valence-electron chi connectivity index (χ2n) is 9.98. The molecular weight excluding hydrogens is 511 g/mol. The Morgan fingerprint density at radius 3 is 2.77 bits per heavy atom. The predicted molar refractivity (Wildman–Crippen MR) is 151 cm³/mol. The number of morpholine rings is 1. The van der Waals surface area contributed by atoms with E-state index in [0.717, 1.165) is 35.8 Å². The van der Waals surface area contributed by atoms with Crippen molar-refractivity contribution in [2.45, 2.75) is 31.9 Å². The molecule has 1 unspecified atom stereocenters. The number of carbonyl (C=O) groups is 1. The molecule has 2 saturated heterocycles. The number of hydrogen-bond donors (Lipinski definition) is 1. The van der Waals surface area contributed by atoms with Gasteiger partial charge in [-0.05, 0) is 55.2 Å². The van der Waals surface area contributed by atoms with Gasteiger partial charge in [-0.3, -0.25) is 4.79 Å². The van der Waals surface area contributed by atoms with Crippen molar-refractivity contribution in [3.8, 4) is 11.3 Å².